The number of amides is 2. The first-order valence-electron chi connectivity index (χ1n) is 7.21. The van der Waals surface area contributed by atoms with Gasteiger partial charge in [0.05, 0.1) is 11.3 Å². The zero-order valence-electron chi connectivity index (χ0n) is 12.5. The number of hydrogen-bond acceptors (Lipinski definition) is 2. The van der Waals surface area contributed by atoms with Crippen LogP contribution in [0.15, 0.2) is 24.3 Å². The Labute approximate surface area is 121 Å². The van der Waals surface area contributed by atoms with E-state index < -0.39 is 0 Å². The highest BCUT2D eigenvalue weighted by Gasteiger charge is 2.13. The van der Waals surface area contributed by atoms with Crippen LogP contribution in [0.1, 0.15) is 50.4 Å². The molecule has 0 saturated heterocycles. The average molecular weight is 276 g/mol. The topological polar surface area (TPSA) is 58.2 Å². The molecular formula is C16H24N2O2. The van der Waals surface area contributed by atoms with Crippen molar-refractivity contribution in [3.05, 3.63) is 29.8 Å². The van der Waals surface area contributed by atoms with Crippen molar-refractivity contribution in [3.8, 4) is 0 Å². The second-order valence-electron chi connectivity index (χ2n) is 5.30. The fourth-order valence-electron chi connectivity index (χ4n) is 1.84. The Morgan fingerprint density at radius 3 is 2.55 bits per heavy atom. The Kier molecular flexibility index (Phi) is 6.77. The number of rotatable bonds is 7. The Bertz CT molecular complexity index is 456. The summed E-state index contributed by atoms with van der Waals surface area (Å²) in [6.07, 6.45) is 2.44. The molecule has 2 N–H and O–H groups in total. The minimum atomic E-state index is -0.140. The summed E-state index contributed by atoms with van der Waals surface area (Å²) in [6, 6.07) is 7.10. The minimum Gasteiger partial charge on any atom is -0.352 e. The summed E-state index contributed by atoms with van der Waals surface area (Å²) >= 11 is 0. The van der Waals surface area contributed by atoms with Crippen molar-refractivity contribution >= 4 is 17.5 Å². The number of hydrogen-bond donors (Lipinski definition) is 2. The van der Waals surface area contributed by atoms with E-state index in [1.165, 1.54) is 0 Å². The van der Waals surface area contributed by atoms with Gasteiger partial charge in [-0.2, -0.15) is 0 Å². The molecule has 0 saturated carbocycles. The highest BCUT2D eigenvalue weighted by molar-refractivity contribution is 6.03. The van der Waals surface area contributed by atoms with Gasteiger partial charge in [0.1, 0.15) is 0 Å². The van der Waals surface area contributed by atoms with E-state index in [4.69, 9.17) is 0 Å². The quantitative estimate of drug-likeness (QED) is 0.751. The number of carbonyl (C=O) groups excluding carboxylic acids is 2. The molecule has 0 aliphatic rings. The van der Waals surface area contributed by atoms with E-state index in [1.807, 2.05) is 19.9 Å². The van der Waals surface area contributed by atoms with Crippen LogP contribution < -0.4 is 10.6 Å². The van der Waals surface area contributed by atoms with Crippen molar-refractivity contribution in [2.45, 2.75) is 40.0 Å². The molecule has 2 amide bonds. The third kappa shape index (κ3) is 5.43. The van der Waals surface area contributed by atoms with Crippen LogP contribution in [0, 0.1) is 5.92 Å². The van der Waals surface area contributed by atoms with Gasteiger partial charge in [0.25, 0.3) is 5.91 Å². The Hall–Kier alpha value is -1.84. The largest absolute Gasteiger partial charge is 0.352 e. The minimum absolute atomic E-state index is 0.0613. The summed E-state index contributed by atoms with van der Waals surface area (Å²) in [5.41, 5.74) is 1.09. The van der Waals surface area contributed by atoms with Gasteiger partial charge >= 0.3 is 0 Å². The van der Waals surface area contributed by atoms with Gasteiger partial charge < -0.3 is 10.6 Å². The Balaban J connectivity index is 2.72. The molecule has 4 heteroatoms. The van der Waals surface area contributed by atoms with Gasteiger partial charge in [-0.1, -0.05) is 39.3 Å². The maximum absolute atomic E-state index is 12.1. The van der Waals surface area contributed by atoms with Gasteiger partial charge in [0, 0.05) is 13.0 Å². The van der Waals surface area contributed by atoms with Gasteiger partial charge in [0.2, 0.25) is 5.91 Å². The van der Waals surface area contributed by atoms with Crippen molar-refractivity contribution in [1.82, 2.24) is 5.32 Å². The zero-order chi connectivity index (χ0) is 15.0. The predicted molar refractivity (Wildman–Crippen MR) is 81.8 cm³/mol. The predicted octanol–water partition coefficient (Wildman–Crippen LogP) is 3.20. The second-order valence-corrected chi connectivity index (χ2v) is 5.30. The van der Waals surface area contributed by atoms with Crippen LogP contribution >= 0.6 is 0 Å². The first-order valence-corrected chi connectivity index (χ1v) is 7.21. The molecule has 0 spiro atoms. The molecule has 1 rings (SSSR count). The molecule has 0 bridgehead atoms. The van der Waals surface area contributed by atoms with E-state index in [0.29, 0.717) is 30.1 Å². The van der Waals surface area contributed by atoms with Crippen molar-refractivity contribution < 1.29 is 9.59 Å². The fourth-order valence-corrected chi connectivity index (χ4v) is 1.84. The van der Waals surface area contributed by atoms with Crippen LogP contribution in [0.2, 0.25) is 0 Å². The number of carbonyl (C=O) groups is 2. The van der Waals surface area contributed by atoms with Gasteiger partial charge in [-0.3, -0.25) is 9.59 Å². The van der Waals surface area contributed by atoms with Crippen LogP contribution in [0.4, 0.5) is 5.69 Å². The van der Waals surface area contributed by atoms with E-state index in [1.54, 1.807) is 18.2 Å². The second kappa shape index (κ2) is 8.35. The van der Waals surface area contributed by atoms with Crippen LogP contribution in [0.3, 0.4) is 0 Å². The van der Waals surface area contributed by atoms with Crippen molar-refractivity contribution in [2.24, 2.45) is 5.92 Å². The van der Waals surface area contributed by atoms with Crippen LogP contribution in [0.5, 0.6) is 0 Å². The molecule has 0 aromatic heterocycles. The normalized spacial score (nSPS) is 10.4. The van der Waals surface area contributed by atoms with Gasteiger partial charge in [0.15, 0.2) is 0 Å². The summed E-state index contributed by atoms with van der Waals surface area (Å²) in [5.74, 6) is 0.0910. The maximum atomic E-state index is 12.1. The molecule has 0 radical (unpaired) electrons. The average Bonchev–Trinajstić information content (AvgIpc) is 2.38. The highest BCUT2D eigenvalue weighted by atomic mass is 16.2. The molecule has 20 heavy (non-hydrogen) atoms. The molecule has 110 valence electrons. The molecule has 0 aliphatic carbocycles. The standard InChI is InChI=1S/C16H24N2O2/c1-4-5-10-17-16(20)13-8-6-7-9-14(13)18-15(19)11-12(2)3/h6-9,12H,4-5,10-11H2,1-3H3,(H,17,20)(H,18,19). The van der Waals surface area contributed by atoms with Crippen molar-refractivity contribution in [3.63, 3.8) is 0 Å². The van der Waals surface area contributed by atoms with E-state index in [-0.39, 0.29) is 11.8 Å². The first-order chi connectivity index (χ1) is 9.54. The highest BCUT2D eigenvalue weighted by Crippen LogP contribution is 2.16. The van der Waals surface area contributed by atoms with Gasteiger partial charge in [-0.15, -0.1) is 0 Å². The van der Waals surface area contributed by atoms with Crippen LogP contribution in [0.25, 0.3) is 0 Å². The number of anilines is 1. The molecule has 0 heterocycles. The third-order valence-corrected chi connectivity index (χ3v) is 2.86. The molecular weight excluding hydrogens is 252 g/mol. The molecule has 0 aliphatic heterocycles. The number of nitrogens with one attached hydrogen (secondary N) is 2. The number of para-hydroxylation sites is 1. The smallest absolute Gasteiger partial charge is 0.253 e. The summed E-state index contributed by atoms with van der Waals surface area (Å²) < 4.78 is 0. The van der Waals surface area contributed by atoms with Crippen LogP contribution in [-0.2, 0) is 4.79 Å². The molecule has 1 aromatic rings. The summed E-state index contributed by atoms with van der Waals surface area (Å²) in [4.78, 5) is 23.9. The van der Waals surface area contributed by atoms with E-state index >= 15 is 0 Å². The molecule has 0 atom stereocenters. The monoisotopic (exact) mass is 276 g/mol. The number of benzene rings is 1. The summed E-state index contributed by atoms with van der Waals surface area (Å²) in [7, 11) is 0. The molecule has 0 fully saturated rings. The molecule has 1 aromatic carbocycles. The van der Waals surface area contributed by atoms with Gasteiger partial charge in [-0.25, -0.2) is 0 Å². The Morgan fingerprint density at radius 2 is 1.90 bits per heavy atom. The van der Waals surface area contributed by atoms with E-state index in [9.17, 15) is 9.59 Å². The van der Waals surface area contributed by atoms with E-state index in [2.05, 4.69) is 17.6 Å². The first kappa shape index (κ1) is 16.2. The SMILES string of the molecule is CCCCNC(=O)c1ccccc1NC(=O)CC(C)C. The molecule has 0 unspecified atom stereocenters. The molecule has 4 nitrogen and oxygen atoms in total. The third-order valence-electron chi connectivity index (χ3n) is 2.86. The lowest BCUT2D eigenvalue weighted by atomic mass is 10.1. The van der Waals surface area contributed by atoms with Crippen LogP contribution in [-0.4, -0.2) is 18.4 Å². The van der Waals surface area contributed by atoms with Gasteiger partial charge in [-0.05, 0) is 24.5 Å². The van der Waals surface area contributed by atoms with Crippen molar-refractivity contribution in [2.75, 3.05) is 11.9 Å². The summed E-state index contributed by atoms with van der Waals surface area (Å²) in [6.45, 7) is 6.71. The summed E-state index contributed by atoms with van der Waals surface area (Å²) in [5, 5.41) is 5.68. The lowest BCUT2D eigenvalue weighted by Gasteiger charge is -2.12. The zero-order valence-corrected chi connectivity index (χ0v) is 12.5. The lowest BCUT2D eigenvalue weighted by molar-refractivity contribution is -0.116. The fraction of sp³-hybridized carbons (Fsp3) is 0.500. The Morgan fingerprint density at radius 1 is 1.20 bits per heavy atom. The number of unbranched alkanes of at least 4 members (excludes halogenated alkanes) is 1. The lowest BCUT2D eigenvalue weighted by Crippen LogP contribution is -2.26. The van der Waals surface area contributed by atoms with Crippen molar-refractivity contribution in [1.29, 1.82) is 0 Å². The van der Waals surface area contributed by atoms with E-state index in [0.717, 1.165) is 12.8 Å². The maximum Gasteiger partial charge on any atom is 0.253 e.